The van der Waals surface area contributed by atoms with Gasteiger partial charge in [-0.25, -0.2) is 0 Å². The van der Waals surface area contributed by atoms with Crippen LogP contribution in [-0.2, 0) is 4.79 Å². The first-order chi connectivity index (χ1) is 11.6. The van der Waals surface area contributed by atoms with Crippen LogP contribution in [-0.4, -0.2) is 45.2 Å². The SMILES string of the molecule is COc1ccccc1OCC(=O)NCC(c1ccccc1)N(C)C. The average Bonchev–Trinajstić information content (AvgIpc) is 2.61. The van der Waals surface area contributed by atoms with Crippen molar-refractivity contribution in [3.8, 4) is 11.5 Å². The molecule has 0 aliphatic rings. The second-order valence-corrected chi connectivity index (χ2v) is 5.63. The summed E-state index contributed by atoms with van der Waals surface area (Å²) < 4.78 is 10.7. The molecule has 0 saturated carbocycles. The molecule has 1 atom stereocenters. The number of carbonyl (C=O) groups is 1. The topological polar surface area (TPSA) is 50.8 Å². The summed E-state index contributed by atoms with van der Waals surface area (Å²) >= 11 is 0. The van der Waals surface area contributed by atoms with Gasteiger partial charge >= 0.3 is 0 Å². The normalized spacial score (nSPS) is 11.8. The Morgan fingerprint density at radius 3 is 2.29 bits per heavy atom. The van der Waals surface area contributed by atoms with Gasteiger partial charge in [0.05, 0.1) is 13.2 Å². The summed E-state index contributed by atoms with van der Waals surface area (Å²) in [7, 11) is 5.56. The van der Waals surface area contributed by atoms with Gasteiger partial charge in [0.2, 0.25) is 0 Å². The Kier molecular flexibility index (Phi) is 6.63. The van der Waals surface area contributed by atoms with Gasteiger partial charge < -0.3 is 19.7 Å². The molecule has 1 amide bonds. The summed E-state index contributed by atoms with van der Waals surface area (Å²) in [4.78, 5) is 14.2. The molecule has 0 saturated heterocycles. The van der Waals surface area contributed by atoms with Gasteiger partial charge in [-0.2, -0.15) is 0 Å². The summed E-state index contributed by atoms with van der Waals surface area (Å²) in [5.41, 5.74) is 1.16. The molecule has 0 aromatic heterocycles. The fourth-order valence-corrected chi connectivity index (χ4v) is 2.42. The highest BCUT2D eigenvalue weighted by molar-refractivity contribution is 5.77. The fourth-order valence-electron chi connectivity index (χ4n) is 2.42. The van der Waals surface area contributed by atoms with E-state index in [0.29, 0.717) is 18.0 Å². The number of ether oxygens (including phenoxy) is 2. The first-order valence-corrected chi connectivity index (χ1v) is 7.85. The zero-order chi connectivity index (χ0) is 17.4. The third-order valence-corrected chi connectivity index (χ3v) is 3.73. The number of likely N-dealkylation sites (N-methyl/N-ethyl adjacent to an activating group) is 1. The fraction of sp³-hybridized carbons (Fsp3) is 0.316. The van der Waals surface area contributed by atoms with Crippen molar-refractivity contribution in [1.29, 1.82) is 0 Å². The van der Waals surface area contributed by atoms with Crippen molar-refractivity contribution >= 4 is 5.91 Å². The molecule has 5 nitrogen and oxygen atoms in total. The van der Waals surface area contributed by atoms with Crippen LogP contribution in [0, 0.1) is 0 Å². The number of carbonyl (C=O) groups excluding carboxylic acids is 1. The van der Waals surface area contributed by atoms with Gasteiger partial charge in [0.25, 0.3) is 5.91 Å². The number of amides is 1. The van der Waals surface area contributed by atoms with Crippen LogP contribution in [0.15, 0.2) is 54.6 Å². The summed E-state index contributed by atoms with van der Waals surface area (Å²) in [5.74, 6) is 1.01. The third kappa shape index (κ3) is 4.99. The Hall–Kier alpha value is -2.53. The number of para-hydroxylation sites is 2. The maximum Gasteiger partial charge on any atom is 0.258 e. The Bertz CT molecular complexity index is 644. The quantitative estimate of drug-likeness (QED) is 0.809. The van der Waals surface area contributed by atoms with E-state index in [-0.39, 0.29) is 18.6 Å². The largest absolute Gasteiger partial charge is 0.493 e. The monoisotopic (exact) mass is 328 g/mol. The predicted octanol–water partition coefficient (Wildman–Crippen LogP) is 2.49. The summed E-state index contributed by atoms with van der Waals surface area (Å²) in [6.45, 7) is 0.473. The number of nitrogens with one attached hydrogen (secondary N) is 1. The number of nitrogens with zero attached hydrogens (tertiary/aromatic N) is 1. The van der Waals surface area contributed by atoms with Crippen LogP contribution in [0.25, 0.3) is 0 Å². The molecule has 0 bridgehead atoms. The zero-order valence-electron chi connectivity index (χ0n) is 14.4. The van der Waals surface area contributed by atoms with Gasteiger partial charge in [0, 0.05) is 6.54 Å². The van der Waals surface area contributed by atoms with Gasteiger partial charge in [-0.15, -0.1) is 0 Å². The minimum atomic E-state index is -0.163. The van der Waals surface area contributed by atoms with Gasteiger partial charge in [-0.3, -0.25) is 4.79 Å². The van der Waals surface area contributed by atoms with Crippen molar-refractivity contribution in [2.75, 3.05) is 34.4 Å². The molecule has 5 heteroatoms. The Balaban J connectivity index is 1.87. The molecule has 24 heavy (non-hydrogen) atoms. The van der Waals surface area contributed by atoms with E-state index in [1.165, 1.54) is 0 Å². The lowest BCUT2D eigenvalue weighted by atomic mass is 10.1. The standard InChI is InChI=1S/C19H24N2O3/c1-21(2)16(15-9-5-4-6-10-15)13-20-19(22)14-24-18-12-8-7-11-17(18)23-3/h4-12,16H,13-14H2,1-3H3,(H,20,22). The van der Waals surface area contributed by atoms with Crippen molar-refractivity contribution in [1.82, 2.24) is 10.2 Å². The van der Waals surface area contributed by atoms with E-state index in [4.69, 9.17) is 9.47 Å². The molecule has 1 unspecified atom stereocenters. The molecule has 0 radical (unpaired) electrons. The molecule has 0 aliphatic carbocycles. The van der Waals surface area contributed by atoms with E-state index < -0.39 is 0 Å². The van der Waals surface area contributed by atoms with Crippen LogP contribution < -0.4 is 14.8 Å². The molecule has 0 aliphatic heterocycles. The number of rotatable bonds is 8. The Morgan fingerprint density at radius 1 is 1.04 bits per heavy atom. The number of methoxy groups -OCH3 is 1. The molecule has 0 fully saturated rings. The van der Waals surface area contributed by atoms with Gasteiger partial charge in [0.1, 0.15) is 0 Å². The minimum absolute atomic E-state index is 0.0463. The molecule has 2 aromatic carbocycles. The molecule has 1 N–H and O–H groups in total. The van der Waals surface area contributed by atoms with Crippen molar-refractivity contribution in [2.24, 2.45) is 0 Å². The van der Waals surface area contributed by atoms with Crippen LogP contribution in [0.5, 0.6) is 11.5 Å². The lowest BCUT2D eigenvalue weighted by Crippen LogP contribution is -2.36. The van der Waals surface area contributed by atoms with Crippen molar-refractivity contribution < 1.29 is 14.3 Å². The van der Waals surface area contributed by atoms with Gasteiger partial charge in [-0.1, -0.05) is 42.5 Å². The maximum atomic E-state index is 12.1. The molecule has 2 rings (SSSR count). The van der Waals surface area contributed by atoms with Gasteiger partial charge in [-0.05, 0) is 31.8 Å². The van der Waals surface area contributed by atoms with E-state index in [1.54, 1.807) is 19.2 Å². The maximum absolute atomic E-state index is 12.1. The van der Waals surface area contributed by atoms with Crippen LogP contribution >= 0.6 is 0 Å². The molecular formula is C19H24N2O3. The van der Waals surface area contributed by atoms with Crippen LogP contribution in [0.2, 0.25) is 0 Å². The first kappa shape index (κ1) is 17.8. The second-order valence-electron chi connectivity index (χ2n) is 5.63. The lowest BCUT2D eigenvalue weighted by molar-refractivity contribution is -0.123. The Morgan fingerprint density at radius 2 is 1.67 bits per heavy atom. The lowest BCUT2D eigenvalue weighted by Gasteiger charge is -2.25. The number of benzene rings is 2. The summed E-state index contributed by atoms with van der Waals surface area (Å²) in [5, 5.41) is 2.92. The number of hydrogen-bond acceptors (Lipinski definition) is 4. The minimum Gasteiger partial charge on any atom is -0.493 e. The van der Waals surface area contributed by atoms with E-state index in [2.05, 4.69) is 22.3 Å². The van der Waals surface area contributed by atoms with Crippen molar-refractivity contribution in [3.63, 3.8) is 0 Å². The molecule has 2 aromatic rings. The van der Waals surface area contributed by atoms with E-state index >= 15 is 0 Å². The van der Waals surface area contributed by atoms with Gasteiger partial charge in [0.15, 0.2) is 18.1 Å². The number of hydrogen-bond donors (Lipinski definition) is 1. The zero-order valence-corrected chi connectivity index (χ0v) is 14.4. The van der Waals surface area contributed by atoms with Crippen molar-refractivity contribution in [2.45, 2.75) is 6.04 Å². The van der Waals surface area contributed by atoms with E-state index in [1.807, 2.05) is 44.4 Å². The van der Waals surface area contributed by atoms with Crippen LogP contribution in [0.4, 0.5) is 0 Å². The van der Waals surface area contributed by atoms with Crippen molar-refractivity contribution in [3.05, 3.63) is 60.2 Å². The molecule has 128 valence electrons. The second kappa shape index (κ2) is 8.93. The predicted molar refractivity (Wildman–Crippen MR) is 94.4 cm³/mol. The molecular weight excluding hydrogens is 304 g/mol. The van der Waals surface area contributed by atoms with Crippen LogP contribution in [0.3, 0.4) is 0 Å². The molecule has 0 spiro atoms. The molecule has 0 heterocycles. The summed E-state index contributed by atoms with van der Waals surface area (Å²) in [6.07, 6.45) is 0. The Labute approximate surface area is 143 Å². The summed E-state index contributed by atoms with van der Waals surface area (Å²) in [6, 6.07) is 17.5. The smallest absolute Gasteiger partial charge is 0.258 e. The highest BCUT2D eigenvalue weighted by Crippen LogP contribution is 2.25. The van der Waals surface area contributed by atoms with Crippen LogP contribution in [0.1, 0.15) is 11.6 Å². The highest BCUT2D eigenvalue weighted by Gasteiger charge is 2.15. The van der Waals surface area contributed by atoms with E-state index in [9.17, 15) is 4.79 Å². The first-order valence-electron chi connectivity index (χ1n) is 7.85. The third-order valence-electron chi connectivity index (χ3n) is 3.73. The van der Waals surface area contributed by atoms with E-state index in [0.717, 1.165) is 5.56 Å². The average molecular weight is 328 g/mol. The highest BCUT2D eigenvalue weighted by atomic mass is 16.5.